The molecule has 1 N–H and O–H groups in total. The molecule has 0 aromatic carbocycles. The molecule has 2 atom stereocenters. The Labute approximate surface area is 149 Å². The van der Waals surface area contributed by atoms with Crippen molar-refractivity contribution in [1.82, 2.24) is 9.80 Å². The second-order valence-electron chi connectivity index (χ2n) is 7.03. The highest BCUT2D eigenvalue weighted by Crippen LogP contribution is 2.20. The Morgan fingerprint density at radius 2 is 1.92 bits per heavy atom. The fraction of sp³-hybridized carbons (Fsp3) is 0.833. The van der Waals surface area contributed by atoms with Crippen molar-refractivity contribution in [1.29, 1.82) is 0 Å². The first kappa shape index (κ1) is 19.7. The molecule has 0 unspecified atom stereocenters. The molecule has 0 radical (unpaired) electrons. The summed E-state index contributed by atoms with van der Waals surface area (Å²) in [4.78, 5) is 38.5. The molecule has 0 aliphatic carbocycles. The zero-order chi connectivity index (χ0) is 18.2. The lowest BCUT2D eigenvalue weighted by Gasteiger charge is -2.29. The van der Waals surface area contributed by atoms with Crippen molar-refractivity contribution < 1.29 is 24.2 Å². The smallest absolute Gasteiger partial charge is 0.323 e. The van der Waals surface area contributed by atoms with Gasteiger partial charge in [-0.15, -0.1) is 0 Å². The highest BCUT2D eigenvalue weighted by atomic mass is 16.5. The van der Waals surface area contributed by atoms with Crippen LogP contribution in [0.15, 0.2) is 0 Å². The van der Waals surface area contributed by atoms with Gasteiger partial charge < -0.3 is 19.6 Å². The van der Waals surface area contributed by atoms with Crippen LogP contribution in [-0.4, -0.2) is 71.1 Å². The first-order chi connectivity index (χ1) is 12.0. The molecule has 7 heteroatoms. The molecule has 2 aliphatic heterocycles. The van der Waals surface area contributed by atoms with Crippen LogP contribution in [0.1, 0.15) is 58.3 Å². The van der Waals surface area contributed by atoms with Crippen molar-refractivity contribution >= 4 is 17.8 Å². The number of carbonyl (C=O) groups is 3. The Hall–Kier alpha value is -1.63. The van der Waals surface area contributed by atoms with Crippen molar-refractivity contribution in [3.8, 4) is 0 Å². The summed E-state index contributed by atoms with van der Waals surface area (Å²) in [5.41, 5.74) is 0. The van der Waals surface area contributed by atoms with Crippen LogP contribution in [0.5, 0.6) is 0 Å². The molecule has 0 aromatic heterocycles. The van der Waals surface area contributed by atoms with Crippen LogP contribution >= 0.6 is 0 Å². The first-order valence-corrected chi connectivity index (χ1v) is 9.35. The quantitative estimate of drug-likeness (QED) is 0.784. The van der Waals surface area contributed by atoms with Crippen molar-refractivity contribution in [2.75, 3.05) is 26.2 Å². The monoisotopic (exact) mass is 354 g/mol. The Bertz CT molecular complexity index is 476. The number of carboxylic acids is 1. The van der Waals surface area contributed by atoms with E-state index in [4.69, 9.17) is 9.84 Å². The van der Waals surface area contributed by atoms with E-state index in [1.165, 1.54) is 18.2 Å². The number of aliphatic carboxylic acids is 1. The van der Waals surface area contributed by atoms with Gasteiger partial charge in [-0.2, -0.15) is 0 Å². The molecule has 7 nitrogen and oxygen atoms in total. The van der Waals surface area contributed by atoms with Gasteiger partial charge in [-0.05, 0) is 44.9 Å². The fourth-order valence-corrected chi connectivity index (χ4v) is 3.76. The highest BCUT2D eigenvalue weighted by Gasteiger charge is 2.27. The lowest BCUT2D eigenvalue weighted by atomic mass is 10.0. The fourth-order valence-electron chi connectivity index (χ4n) is 3.76. The lowest BCUT2D eigenvalue weighted by Crippen LogP contribution is -2.43. The van der Waals surface area contributed by atoms with Gasteiger partial charge in [-0.25, -0.2) is 0 Å². The molecule has 0 aromatic rings. The van der Waals surface area contributed by atoms with Gasteiger partial charge >= 0.3 is 5.97 Å². The van der Waals surface area contributed by atoms with Gasteiger partial charge in [0, 0.05) is 39.1 Å². The van der Waals surface area contributed by atoms with Crippen LogP contribution in [-0.2, 0) is 19.1 Å². The first-order valence-electron chi connectivity index (χ1n) is 9.35. The molecule has 0 spiro atoms. The molecule has 2 amide bonds. The molecule has 2 saturated heterocycles. The third kappa shape index (κ3) is 6.30. The summed E-state index contributed by atoms with van der Waals surface area (Å²) in [6.45, 7) is 3.20. The number of hydrogen-bond donors (Lipinski definition) is 1. The predicted molar refractivity (Wildman–Crippen MR) is 92.1 cm³/mol. The van der Waals surface area contributed by atoms with Crippen LogP contribution in [0.25, 0.3) is 0 Å². The number of likely N-dealkylation sites (tertiary alicyclic amines) is 1. The van der Waals surface area contributed by atoms with E-state index >= 15 is 0 Å². The van der Waals surface area contributed by atoms with Gasteiger partial charge in [0.1, 0.15) is 6.54 Å². The van der Waals surface area contributed by atoms with Gasteiger partial charge in [-0.1, -0.05) is 0 Å². The zero-order valence-corrected chi connectivity index (χ0v) is 15.1. The SMILES string of the molecule is CC(=O)N(CC(=O)O)[C@H]1CCCN(C(=O)CC[C@@H]2CCCCO2)CC1. The van der Waals surface area contributed by atoms with Crippen LogP contribution in [0.3, 0.4) is 0 Å². The predicted octanol–water partition coefficient (Wildman–Crippen LogP) is 1.65. The van der Waals surface area contributed by atoms with E-state index in [9.17, 15) is 14.4 Å². The third-order valence-corrected chi connectivity index (χ3v) is 5.16. The van der Waals surface area contributed by atoms with Gasteiger partial charge in [0.25, 0.3) is 0 Å². The molecular weight excluding hydrogens is 324 g/mol. The molecule has 0 saturated carbocycles. The minimum atomic E-state index is -1.00. The van der Waals surface area contributed by atoms with Gasteiger partial charge in [0.15, 0.2) is 0 Å². The Morgan fingerprint density at radius 3 is 2.56 bits per heavy atom. The van der Waals surface area contributed by atoms with E-state index in [1.54, 1.807) is 0 Å². The maximum atomic E-state index is 12.5. The molecule has 0 bridgehead atoms. The topological polar surface area (TPSA) is 87.2 Å². The van der Waals surface area contributed by atoms with Crippen molar-refractivity contribution in [2.45, 2.75) is 70.4 Å². The number of carboxylic acid groups (broad SMARTS) is 1. The summed E-state index contributed by atoms with van der Waals surface area (Å²) in [6.07, 6.45) is 6.98. The minimum absolute atomic E-state index is 0.104. The second kappa shape index (κ2) is 9.75. The van der Waals surface area contributed by atoms with E-state index in [-0.39, 0.29) is 30.5 Å². The van der Waals surface area contributed by atoms with E-state index in [2.05, 4.69) is 0 Å². The second-order valence-corrected chi connectivity index (χ2v) is 7.03. The summed E-state index contributed by atoms with van der Waals surface area (Å²) in [5.74, 6) is -1.08. The standard InChI is InChI=1S/C18H30N2O5/c1-14(21)20(13-18(23)24)15-5-4-10-19(11-9-15)17(22)8-7-16-6-2-3-12-25-16/h15-16H,2-13H2,1H3,(H,23,24)/t15-,16-/m0/s1. The molecular formula is C18H30N2O5. The molecule has 25 heavy (non-hydrogen) atoms. The third-order valence-electron chi connectivity index (χ3n) is 5.16. The largest absolute Gasteiger partial charge is 0.480 e. The van der Waals surface area contributed by atoms with Crippen molar-refractivity contribution in [3.63, 3.8) is 0 Å². The van der Waals surface area contributed by atoms with Gasteiger partial charge in [-0.3, -0.25) is 14.4 Å². The number of ether oxygens (including phenoxy) is 1. The minimum Gasteiger partial charge on any atom is -0.480 e. The lowest BCUT2D eigenvalue weighted by molar-refractivity contribution is -0.145. The number of carbonyl (C=O) groups excluding carboxylic acids is 2. The van der Waals surface area contributed by atoms with Crippen LogP contribution in [0.4, 0.5) is 0 Å². The van der Waals surface area contributed by atoms with E-state index in [1.807, 2.05) is 4.90 Å². The Kier molecular flexibility index (Phi) is 7.68. The molecule has 2 rings (SSSR count). The molecule has 142 valence electrons. The Balaban J connectivity index is 1.81. The van der Waals surface area contributed by atoms with E-state index in [0.29, 0.717) is 25.9 Å². The zero-order valence-electron chi connectivity index (χ0n) is 15.1. The number of nitrogens with zero attached hydrogens (tertiary/aromatic N) is 2. The number of amides is 2. The van der Waals surface area contributed by atoms with Crippen molar-refractivity contribution in [3.05, 3.63) is 0 Å². The summed E-state index contributed by atoms with van der Waals surface area (Å²) in [5, 5.41) is 9.00. The van der Waals surface area contributed by atoms with E-state index in [0.717, 1.165) is 38.7 Å². The number of rotatable bonds is 6. The van der Waals surface area contributed by atoms with Crippen LogP contribution < -0.4 is 0 Å². The van der Waals surface area contributed by atoms with E-state index < -0.39 is 5.97 Å². The van der Waals surface area contributed by atoms with Crippen LogP contribution in [0, 0.1) is 0 Å². The average molecular weight is 354 g/mol. The molecule has 2 aliphatic rings. The average Bonchev–Trinajstić information content (AvgIpc) is 2.84. The summed E-state index contributed by atoms with van der Waals surface area (Å²) in [6, 6.07) is -0.104. The van der Waals surface area contributed by atoms with Crippen LogP contribution in [0.2, 0.25) is 0 Å². The summed E-state index contributed by atoms with van der Waals surface area (Å²) >= 11 is 0. The Morgan fingerprint density at radius 1 is 1.12 bits per heavy atom. The molecule has 2 fully saturated rings. The summed E-state index contributed by atoms with van der Waals surface area (Å²) < 4.78 is 5.68. The highest BCUT2D eigenvalue weighted by molar-refractivity contribution is 5.80. The van der Waals surface area contributed by atoms with Crippen molar-refractivity contribution in [2.24, 2.45) is 0 Å². The van der Waals surface area contributed by atoms with Gasteiger partial charge in [0.05, 0.1) is 6.10 Å². The normalized spacial score (nSPS) is 24.4. The number of hydrogen-bond acceptors (Lipinski definition) is 4. The summed E-state index contributed by atoms with van der Waals surface area (Å²) in [7, 11) is 0. The molecule has 2 heterocycles. The van der Waals surface area contributed by atoms with Gasteiger partial charge in [0.2, 0.25) is 11.8 Å². The maximum absolute atomic E-state index is 12.5. The maximum Gasteiger partial charge on any atom is 0.323 e.